The van der Waals surface area contributed by atoms with Crippen LogP contribution in [0, 0.1) is 5.82 Å². The van der Waals surface area contributed by atoms with E-state index in [9.17, 15) is 9.18 Å². The minimum absolute atomic E-state index is 0.302. The van der Waals surface area contributed by atoms with Gasteiger partial charge in [-0.1, -0.05) is 24.3 Å². The zero-order chi connectivity index (χ0) is 18.2. The van der Waals surface area contributed by atoms with Crippen LogP contribution in [0.3, 0.4) is 0 Å². The van der Waals surface area contributed by atoms with Crippen LogP contribution in [-0.4, -0.2) is 10.9 Å². The molecular weight excluding hydrogens is 347 g/mol. The van der Waals surface area contributed by atoms with Crippen molar-refractivity contribution >= 4 is 29.4 Å². The Hall–Kier alpha value is -2.92. The van der Waals surface area contributed by atoms with Crippen molar-refractivity contribution in [3.63, 3.8) is 0 Å². The van der Waals surface area contributed by atoms with E-state index in [0.717, 1.165) is 16.2 Å². The van der Waals surface area contributed by atoms with Gasteiger partial charge in [-0.3, -0.25) is 9.78 Å². The Balaban J connectivity index is 1.53. The molecule has 0 radical (unpaired) electrons. The Morgan fingerprint density at radius 2 is 1.88 bits per heavy atom. The average Bonchev–Trinajstić information content (AvgIpc) is 2.68. The van der Waals surface area contributed by atoms with Crippen molar-refractivity contribution in [1.29, 1.82) is 0 Å². The third kappa shape index (κ3) is 5.29. The molecule has 3 aromatic rings. The molecule has 3 rings (SSSR count). The normalized spacial score (nSPS) is 10.8. The van der Waals surface area contributed by atoms with Gasteiger partial charge < -0.3 is 5.32 Å². The number of nitrogens with zero attached hydrogens (tertiary/aromatic N) is 1. The van der Waals surface area contributed by atoms with E-state index in [1.165, 1.54) is 18.2 Å². The van der Waals surface area contributed by atoms with E-state index in [2.05, 4.69) is 10.3 Å². The monoisotopic (exact) mass is 364 g/mol. The lowest BCUT2D eigenvalue weighted by Crippen LogP contribution is -2.07. The summed E-state index contributed by atoms with van der Waals surface area (Å²) >= 11 is 1.70. The van der Waals surface area contributed by atoms with Crippen molar-refractivity contribution in [3.8, 4) is 0 Å². The molecule has 0 atom stereocenters. The van der Waals surface area contributed by atoms with Gasteiger partial charge >= 0.3 is 0 Å². The number of benzene rings is 2. The van der Waals surface area contributed by atoms with Crippen molar-refractivity contribution in [2.75, 3.05) is 5.32 Å². The summed E-state index contributed by atoms with van der Waals surface area (Å²) in [5.74, 6) is 0.181. The second-order valence-electron chi connectivity index (χ2n) is 5.52. The molecule has 0 saturated heterocycles. The van der Waals surface area contributed by atoms with Crippen molar-refractivity contribution in [2.45, 2.75) is 10.6 Å². The summed E-state index contributed by atoms with van der Waals surface area (Å²) in [5.41, 5.74) is 2.23. The summed E-state index contributed by atoms with van der Waals surface area (Å²) in [5, 5.41) is 2.77. The van der Waals surface area contributed by atoms with Gasteiger partial charge in [-0.2, -0.15) is 0 Å². The minimum atomic E-state index is -0.355. The number of rotatable bonds is 6. The van der Waals surface area contributed by atoms with Crippen LogP contribution in [-0.2, 0) is 10.5 Å². The highest BCUT2D eigenvalue weighted by Gasteiger charge is 2.01. The maximum atomic E-state index is 13.5. The summed E-state index contributed by atoms with van der Waals surface area (Å²) in [6.07, 6.45) is 6.39. The quantitative estimate of drug-likeness (QED) is 0.485. The molecule has 1 N–H and O–H groups in total. The van der Waals surface area contributed by atoms with E-state index in [1.54, 1.807) is 36.2 Å². The Kier molecular flexibility index (Phi) is 6.17. The maximum Gasteiger partial charge on any atom is 0.248 e. The molecule has 2 aromatic carbocycles. The maximum absolute atomic E-state index is 13.5. The Morgan fingerprint density at radius 3 is 2.62 bits per heavy atom. The van der Waals surface area contributed by atoms with Crippen molar-refractivity contribution in [3.05, 3.63) is 96.1 Å². The number of carbonyl (C=O) groups is 1. The molecule has 1 amide bonds. The molecule has 5 heteroatoms. The fraction of sp³-hybridized carbons (Fsp3) is 0.0476. The lowest BCUT2D eigenvalue weighted by Gasteiger charge is -2.05. The van der Waals surface area contributed by atoms with Crippen LogP contribution in [0.25, 0.3) is 6.08 Å². The number of hydrogen-bond acceptors (Lipinski definition) is 3. The molecule has 0 unspecified atom stereocenters. The molecule has 0 aliphatic rings. The highest BCUT2D eigenvalue weighted by atomic mass is 32.2. The molecule has 0 aliphatic heterocycles. The summed E-state index contributed by atoms with van der Waals surface area (Å²) in [4.78, 5) is 17.2. The molecule has 0 bridgehead atoms. The van der Waals surface area contributed by atoms with E-state index < -0.39 is 0 Å². The molecule has 0 saturated carbocycles. The van der Waals surface area contributed by atoms with Gasteiger partial charge in [0.1, 0.15) is 5.82 Å². The molecular formula is C21H17FN2OS. The number of hydrogen-bond donors (Lipinski definition) is 1. The standard InChI is InChI=1S/C21H17FN2OS/c22-20-6-2-1-5-17(20)7-12-21(25)24-18-8-10-19(11-9-18)26-15-16-4-3-13-23-14-16/h1-14H,15H2,(H,24,25)/b12-7+. The molecule has 1 heterocycles. The lowest BCUT2D eigenvalue weighted by atomic mass is 10.2. The van der Waals surface area contributed by atoms with Crippen LogP contribution in [0.4, 0.5) is 10.1 Å². The van der Waals surface area contributed by atoms with Crippen molar-refractivity contribution in [1.82, 2.24) is 4.98 Å². The number of amides is 1. The number of anilines is 1. The van der Waals surface area contributed by atoms with Crippen molar-refractivity contribution in [2.24, 2.45) is 0 Å². The van der Waals surface area contributed by atoms with Gasteiger partial charge in [-0.25, -0.2) is 4.39 Å². The summed E-state index contributed by atoms with van der Waals surface area (Å²) in [6.45, 7) is 0. The van der Waals surface area contributed by atoms with Crippen LogP contribution >= 0.6 is 11.8 Å². The van der Waals surface area contributed by atoms with Crippen LogP contribution in [0.15, 0.2) is 84.0 Å². The van der Waals surface area contributed by atoms with Crippen molar-refractivity contribution < 1.29 is 9.18 Å². The Morgan fingerprint density at radius 1 is 1.08 bits per heavy atom. The van der Waals surface area contributed by atoms with Crippen LogP contribution in [0.2, 0.25) is 0 Å². The molecule has 0 aliphatic carbocycles. The van der Waals surface area contributed by atoms with Crippen LogP contribution in [0.1, 0.15) is 11.1 Å². The van der Waals surface area contributed by atoms with Gasteiger partial charge in [-0.15, -0.1) is 11.8 Å². The first-order valence-electron chi connectivity index (χ1n) is 8.06. The van der Waals surface area contributed by atoms with Crippen LogP contribution < -0.4 is 5.32 Å². The summed E-state index contributed by atoms with van der Waals surface area (Å²) < 4.78 is 13.5. The zero-order valence-corrected chi connectivity index (χ0v) is 14.7. The molecule has 26 heavy (non-hydrogen) atoms. The summed E-state index contributed by atoms with van der Waals surface area (Å²) in [6, 6.07) is 17.9. The molecule has 0 spiro atoms. The number of halogens is 1. The van der Waals surface area contributed by atoms with E-state index >= 15 is 0 Å². The number of aromatic nitrogens is 1. The predicted molar refractivity (Wildman–Crippen MR) is 104 cm³/mol. The highest BCUT2D eigenvalue weighted by Crippen LogP contribution is 2.24. The van der Waals surface area contributed by atoms with Gasteiger partial charge in [0.15, 0.2) is 0 Å². The molecule has 3 nitrogen and oxygen atoms in total. The minimum Gasteiger partial charge on any atom is -0.323 e. The van der Waals surface area contributed by atoms with Gasteiger partial charge in [-0.05, 0) is 48.0 Å². The average molecular weight is 364 g/mol. The third-order valence-electron chi connectivity index (χ3n) is 3.57. The Labute approximate surface area is 156 Å². The van der Waals surface area contributed by atoms with E-state index in [4.69, 9.17) is 0 Å². The molecule has 130 valence electrons. The fourth-order valence-electron chi connectivity index (χ4n) is 2.24. The number of pyridine rings is 1. The first-order chi connectivity index (χ1) is 12.7. The van der Waals surface area contributed by atoms with E-state index in [-0.39, 0.29) is 11.7 Å². The summed E-state index contributed by atoms with van der Waals surface area (Å²) in [7, 11) is 0. The van der Waals surface area contributed by atoms with E-state index in [1.807, 2.05) is 42.6 Å². The Bertz CT molecular complexity index is 895. The number of nitrogens with one attached hydrogen (secondary N) is 1. The highest BCUT2D eigenvalue weighted by molar-refractivity contribution is 7.98. The fourth-order valence-corrected chi connectivity index (χ4v) is 3.08. The molecule has 0 fully saturated rings. The lowest BCUT2D eigenvalue weighted by molar-refractivity contribution is -0.111. The first kappa shape index (κ1) is 17.9. The second kappa shape index (κ2) is 8.97. The van der Waals surface area contributed by atoms with E-state index in [0.29, 0.717) is 11.3 Å². The topological polar surface area (TPSA) is 42.0 Å². The zero-order valence-electron chi connectivity index (χ0n) is 13.9. The van der Waals surface area contributed by atoms with Gasteiger partial charge in [0.05, 0.1) is 0 Å². The largest absolute Gasteiger partial charge is 0.323 e. The predicted octanol–water partition coefficient (Wildman–Crippen LogP) is 5.16. The third-order valence-corrected chi connectivity index (χ3v) is 4.65. The number of thioether (sulfide) groups is 1. The first-order valence-corrected chi connectivity index (χ1v) is 9.04. The molecule has 1 aromatic heterocycles. The van der Waals surface area contributed by atoms with Gasteiger partial charge in [0.2, 0.25) is 5.91 Å². The van der Waals surface area contributed by atoms with Gasteiger partial charge in [0, 0.05) is 40.4 Å². The van der Waals surface area contributed by atoms with Gasteiger partial charge in [0.25, 0.3) is 0 Å². The smallest absolute Gasteiger partial charge is 0.248 e. The number of carbonyl (C=O) groups excluding carboxylic acids is 1. The van der Waals surface area contributed by atoms with Crippen LogP contribution in [0.5, 0.6) is 0 Å². The SMILES string of the molecule is O=C(/C=C/c1ccccc1F)Nc1ccc(SCc2cccnc2)cc1. The second-order valence-corrected chi connectivity index (χ2v) is 6.57.